The molecule has 2 N–H and O–H groups in total. The van der Waals surface area contributed by atoms with Crippen molar-refractivity contribution in [2.24, 2.45) is 0 Å². The third kappa shape index (κ3) is 3.41. The van der Waals surface area contributed by atoms with Crippen molar-refractivity contribution in [1.29, 1.82) is 5.26 Å². The molecular formula is C21H21ClN6. The maximum atomic E-state index is 9.06. The van der Waals surface area contributed by atoms with Crippen LogP contribution in [-0.4, -0.2) is 27.9 Å². The third-order valence-electron chi connectivity index (χ3n) is 5.18. The molecule has 28 heavy (non-hydrogen) atoms. The smallest absolute Gasteiger partial charge is 0.153 e. The lowest BCUT2D eigenvalue weighted by atomic mass is 10.0. The number of nitrogens with zero attached hydrogens (tertiary/aromatic N) is 5. The molecule has 0 spiro atoms. The molecule has 142 valence electrons. The molecule has 1 aliphatic heterocycles. The van der Waals surface area contributed by atoms with Crippen molar-refractivity contribution >= 4 is 23.2 Å². The number of hydrogen-bond donors (Lipinski definition) is 1. The number of anilines is 2. The summed E-state index contributed by atoms with van der Waals surface area (Å²) in [5, 5.41) is 14.0. The highest BCUT2D eigenvalue weighted by atomic mass is 35.5. The van der Waals surface area contributed by atoms with Gasteiger partial charge >= 0.3 is 0 Å². The van der Waals surface area contributed by atoms with E-state index in [-0.39, 0.29) is 0 Å². The van der Waals surface area contributed by atoms with Crippen molar-refractivity contribution in [3.63, 3.8) is 0 Å². The van der Waals surface area contributed by atoms with Gasteiger partial charge < -0.3 is 10.6 Å². The van der Waals surface area contributed by atoms with E-state index in [1.54, 1.807) is 12.1 Å². The Balaban J connectivity index is 1.59. The minimum atomic E-state index is 0.410. The Kier molecular flexibility index (Phi) is 4.93. The van der Waals surface area contributed by atoms with Crippen molar-refractivity contribution in [3.05, 3.63) is 58.4 Å². The Morgan fingerprint density at radius 3 is 2.64 bits per heavy atom. The van der Waals surface area contributed by atoms with Crippen LogP contribution in [0.5, 0.6) is 0 Å². The average molecular weight is 393 g/mol. The molecule has 7 heteroatoms. The molecule has 1 fully saturated rings. The van der Waals surface area contributed by atoms with Gasteiger partial charge in [-0.1, -0.05) is 23.7 Å². The number of halogens is 1. The van der Waals surface area contributed by atoms with E-state index in [1.807, 2.05) is 23.9 Å². The van der Waals surface area contributed by atoms with Gasteiger partial charge in [-0.15, -0.1) is 0 Å². The molecule has 0 saturated carbocycles. The molecule has 0 aliphatic carbocycles. The van der Waals surface area contributed by atoms with Gasteiger partial charge in [0.1, 0.15) is 11.9 Å². The summed E-state index contributed by atoms with van der Waals surface area (Å²) in [6.45, 7) is 4.74. The van der Waals surface area contributed by atoms with Gasteiger partial charge in [-0.05, 0) is 49.1 Å². The van der Waals surface area contributed by atoms with Gasteiger partial charge in [0.25, 0.3) is 0 Å². The number of aromatic nitrogens is 3. The predicted octanol–water partition coefficient (Wildman–Crippen LogP) is 4.01. The van der Waals surface area contributed by atoms with Gasteiger partial charge in [0, 0.05) is 30.5 Å². The van der Waals surface area contributed by atoms with Crippen LogP contribution in [0.2, 0.25) is 5.02 Å². The largest absolute Gasteiger partial charge is 0.382 e. The minimum Gasteiger partial charge on any atom is -0.382 e. The number of rotatable bonds is 4. The highest BCUT2D eigenvalue weighted by Gasteiger charge is 2.17. The number of nitrogen functional groups attached to an aromatic ring is 1. The van der Waals surface area contributed by atoms with Crippen molar-refractivity contribution < 1.29 is 0 Å². The fourth-order valence-corrected chi connectivity index (χ4v) is 3.88. The average Bonchev–Trinajstić information content (AvgIpc) is 3.31. The first-order chi connectivity index (χ1) is 13.6. The molecule has 0 radical (unpaired) electrons. The molecule has 0 amide bonds. The van der Waals surface area contributed by atoms with E-state index in [0.29, 0.717) is 22.9 Å². The topological polar surface area (TPSA) is 83.8 Å². The van der Waals surface area contributed by atoms with Crippen LogP contribution in [0.3, 0.4) is 0 Å². The van der Waals surface area contributed by atoms with Crippen LogP contribution < -0.4 is 10.6 Å². The van der Waals surface area contributed by atoms with Crippen LogP contribution in [0.25, 0.3) is 11.1 Å². The molecule has 0 unspecified atom stereocenters. The third-order valence-corrected chi connectivity index (χ3v) is 5.50. The SMILES string of the molecule is Cc1c(-c2ccc(C#N)c(Cl)c2)c(N)nn1Cc1ccc(N2CCCC2)nc1. The van der Waals surface area contributed by atoms with Crippen molar-refractivity contribution in [1.82, 2.24) is 14.8 Å². The fraction of sp³-hybridized carbons (Fsp3) is 0.286. The minimum absolute atomic E-state index is 0.410. The number of nitriles is 1. The monoisotopic (exact) mass is 392 g/mol. The zero-order chi connectivity index (χ0) is 19.7. The van der Waals surface area contributed by atoms with Gasteiger partial charge in [-0.25, -0.2) is 4.98 Å². The van der Waals surface area contributed by atoms with Crippen LogP contribution in [-0.2, 0) is 6.54 Å². The van der Waals surface area contributed by atoms with Crippen LogP contribution in [0.15, 0.2) is 36.5 Å². The second-order valence-corrected chi connectivity index (χ2v) is 7.44. The van der Waals surface area contributed by atoms with Gasteiger partial charge in [0.05, 0.1) is 17.1 Å². The van der Waals surface area contributed by atoms with Crippen LogP contribution in [0, 0.1) is 18.3 Å². The van der Waals surface area contributed by atoms with Crippen LogP contribution in [0.1, 0.15) is 29.7 Å². The molecule has 0 bridgehead atoms. The Morgan fingerprint density at radius 2 is 2.00 bits per heavy atom. The molecule has 1 saturated heterocycles. The van der Waals surface area contributed by atoms with Crippen molar-refractivity contribution in [2.45, 2.75) is 26.3 Å². The lowest BCUT2D eigenvalue weighted by Crippen LogP contribution is -2.18. The second-order valence-electron chi connectivity index (χ2n) is 7.03. The Morgan fingerprint density at radius 1 is 1.21 bits per heavy atom. The lowest BCUT2D eigenvalue weighted by molar-refractivity contribution is 0.666. The summed E-state index contributed by atoms with van der Waals surface area (Å²) in [4.78, 5) is 6.92. The van der Waals surface area contributed by atoms with Gasteiger partial charge in [-0.3, -0.25) is 4.68 Å². The number of nitrogens with two attached hydrogens (primary N) is 1. The van der Waals surface area contributed by atoms with E-state index in [4.69, 9.17) is 22.6 Å². The van der Waals surface area contributed by atoms with E-state index in [0.717, 1.165) is 41.3 Å². The molecule has 6 nitrogen and oxygen atoms in total. The summed E-state index contributed by atoms with van der Waals surface area (Å²) in [6, 6.07) is 11.6. The number of pyridine rings is 1. The maximum Gasteiger partial charge on any atom is 0.153 e. The lowest BCUT2D eigenvalue weighted by Gasteiger charge is -2.16. The molecule has 3 heterocycles. The Labute approximate surface area is 169 Å². The highest BCUT2D eigenvalue weighted by molar-refractivity contribution is 6.32. The zero-order valence-corrected chi connectivity index (χ0v) is 16.4. The maximum absolute atomic E-state index is 9.06. The first-order valence-corrected chi connectivity index (χ1v) is 9.67. The molecule has 4 rings (SSSR count). The number of hydrogen-bond acceptors (Lipinski definition) is 5. The molecule has 2 aromatic heterocycles. The predicted molar refractivity (Wildman–Crippen MR) is 111 cm³/mol. The van der Waals surface area contributed by atoms with E-state index in [1.165, 1.54) is 12.8 Å². The summed E-state index contributed by atoms with van der Waals surface area (Å²) in [6.07, 6.45) is 4.37. The first-order valence-electron chi connectivity index (χ1n) is 9.29. The zero-order valence-electron chi connectivity index (χ0n) is 15.7. The summed E-state index contributed by atoms with van der Waals surface area (Å²) in [7, 11) is 0. The quantitative estimate of drug-likeness (QED) is 0.725. The summed E-state index contributed by atoms with van der Waals surface area (Å²) in [5.41, 5.74) is 10.3. The van der Waals surface area contributed by atoms with E-state index in [2.05, 4.69) is 33.2 Å². The summed E-state index contributed by atoms with van der Waals surface area (Å²) < 4.78 is 1.88. The van der Waals surface area contributed by atoms with Gasteiger partial charge in [-0.2, -0.15) is 10.4 Å². The first kappa shape index (κ1) is 18.3. The molecule has 3 aromatic rings. The number of benzene rings is 1. The second kappa shape index (κ2) is 7.53. The fourth-order valence-electron chi connectivity index (χ4n) is 3.66. The molecule has 1 aliphatic rings. The van der Waals surface area contributed by atoms with E-state index < -0.39 is 0 Å². The van der Waals surface area contributed by atoms with Crippen LogP contribution >= 0.6 is 11.6 Å². The molecule has 1 aromatic carbocycles. The van der Waals surface area contributed by atoms with Crippen LogP contribution in [0.4, 0.5) is 11.6 Å². The summed E-state index contributed by atoms with van der Waals surface area (Å²) >= 11 is 6.19. The molecule has 0 atom stereocenters. The van der Waals surface area contributed by atoms with E-state index >= 15 is 0 Å². The van der Waals surface area contributed by atoms with Crippen molar-refractivity contribution in [3.8, 4) is 17.2 Å². The Hall–Kier alpha value is -3.04. The molecular weight excluding hydrogens is 372 g/mol. The van der Waals surface area contributed by atoms with Gasteiger partial charge in [0.2, 0.25) is 0 Å². The van der Waals surface area contributed by atoms with E-state index in [9.17, 15) is 0 Å². The normalized spacial score (nSPS) is 13.7. The Bertz CT molecular complexity index is 1040. The summed E-state index contributed by atoms with van der Waals surface area (Å²) in [5.74, 6) is 1.48. The van der Waals surface area contributed by atoms with Gasteiger partial charge in [0.15, 0.2) is 5.82 Å². The standard InChI is InChI=1S/C21H21ClN6/c1-14-20(16-5-6-17(11-23)18(22)10-16)21(24)26-28(14)13-15-4-7-19(25-12-15)27-8-2-3-9-27/h4-7,10,12H,2-3,8-9,13H2,1H3,(H2,24,26). The van der Waals surface area contributed by atoms with Crippen molar-refractivity contribution in [2.75, 3.05) is 23.7 Å². The highest BCUT2D eigenvalue weighted by Crippen LogP contribution is 2.32.